The van der Waals surface area contributed by atoms with Crippen LogP contribution in [0.5, 0.6) is 0 Å². The first-order chi connectivity index (χ1) is 10.3. The Bertz CT molecular complexity index is 740. The van der Waals surface area contributed by atoms with E-state index in [1.807, 2.05) is 24.4 Å². The van der Waals surface area contributed by atoms with Crippen LogP contribution in [0.4, 0.5) is 0 Å². The van der Waals surface area contributed by atoms with Gasteiger partial charge in [-0.05, 0) is 24.1 Å². The van der Waals surface area contributed by atoms with Crippen LogP contribution in [-0.2, 0) is 0 Å². The van der Waals surface area contributed by atoms with Crippen LogP contribution in [0, 0.1) is 6.92 Å². The van der Waals surface area contributed by atoms with Gasteiger partial charge < -0.3 is 0 Å². The van der Waals surface area contributed by atoms with Crippen LogP contribution in [0.15, 0.2) is 72.9 Å². The van der Waals surface area contributed by atoms with E-state index in [-0.39, 0.29) is 0 Å². The van der Waals surface area contributed by atoms with Crippen molar-refractivity contribution in [3.8, 4) is 11.3 Å². The molecule has 1 heterocycles. The van der Waals surface area contributed by atoms with Crippen LogP contribution < -0.4 is 0 Å². The third-order valence-electron chi connectivity index (χ3n) is 3.37. The maximum Gasteiger partial charge on any atom is 0.0702 e. The number of pyridine rings is 1. The summed E-state index contributed by atoms with van der Waals surface area (Å²) in [4.78, 5) is 4.53. The van der Waals surface area contributed by atoms with Crippen LogP contribution in [0.3, 0.4) is 0 Å². The molecule has 0 unspecified atom stereocenters. The highest BCUT2D eigenvalue weighted by molar-refractivity contribution is 5.70. The maximum absolute atomic E-state index is 4.53. The number of hydrogen-bond donors (Lipinski definition) is 0. The first-order valence-corrected chi connectivity index (χ1v) is 7.07. The number of rotatable bonds is 3. The van der Waals surface area contributed by atoms with E-state index in [4.69, 9.17) is 0 Å². The zero-order chi connectivity index (χ0) is 14.5. The van der Waals surface area contributed by atoms with Gasteiger partial charge in [0.1, 0.15) is 0 Å². The van der Waals surface area contributed by atoms with Gasteiger partial charge in [-0.3, -0.25) is 4.98 Å². The molecular formula is C20H17N. The van der Waals surface area contributed by atoms with E-state index in [0.717, 1.165) is 16.8 Å². The lowest BCUT2D eigenvalue weighted by Gasteiger charge is -2.01. The molecule has 0 spiro atoms. The standard InChI is InChI=1S/C20H17N/c1-16-6-5-7-17(14-16)10-11-18-12-13-20(21-15-18)19-8-3-2-4-9-19/h2-15H,1H3/b11-10+. The third-order valence-corrected chi connectivity index (χ3v) is 3.37. The number of aryl methyl sites for hydroxylation is 1. The minimum Gasteiger partial charge on any atom is -0.256 e. The zero-order valence-electron chi connectivity index (χ0n) is 12.0. The largest absolute Gasteiger partial charge is 0.256 e. The van der Waals surface area contributed by atoms with Crippen molar-refractivity contribution >= 4 is 12.2 Å². The summed E-state index contributed by atoms with van der Waals surface area (Å²) in [7, 11) is 0. The van der Waals surface area contributed by atoms with Crippen LogP contribution >= 0.6 is 0 Å². The fourth-order valence-corrected chi connectivity index (χ4v) is 2.25. The van der Waals surface area contributed by atoms with Gasteiger partial charge in [0.25, 0.3) is 0 Å². The minimum atomic E-state index is 1.00. The maximum atomic E-state index is 4.53. The van der Waals surface area contributed by atoms with Crippen molar-refractivity contribution < 1.29 is 0 Å². The fourth-order valence-electron chi connectivity index (χ4n) is 2.25. The van der Waals surface area contributed by atoms with E-state index < -0.39 is 0 Å². The van der Waals surface area contributed by atoms with Crippen molar-refractivity contribution in [2.75, 3.05) is 0 Å². The lowest BCUT2D eigenvalue weighted by atomic mass is 10.1. The molecule has 0 saturated heterocycles. The molecule has 0 bridgehead atoms. The van der Waals surface area contributed by atoms with Gasteiger partial charge in [-0.1, -0.05) is 78.4 Å². The van der Waals surface area contributed by atoms with E-state index >= 15 is 0 Å². The zero-order valence-corrected chi connectivity index (χ0v) is 12.0. The number of nitrogens with zero attached hydrogens (tertiary/aromatic N) is 1. The normalized spacial score (nSPS) is 10.9. The molecule has 0 aliphatic carbocycles. The Hall–Kier alpha value is -2.67. The quantitative estimate of drug-likeness (QED) is 0.636. The second-order valence-electron chi connectivity index (χ2n) is 5.09. The third kappa shape index (κ3) is 3.46. The first kappa shape index (κ1) is 13.3. The Morgan fingerprint density at radius 1 is 0.762 bits per heavy atom. The van der Waals surface area contributed by atoms with Gasteiger partial charge in [0, 0.05) is 11.8 Å². The van der Waals surface area contributed by atoms with Crippen LogP contribution in [0.2, 0.25) is 0 Å². The van der Waals surface area contributed by atoms with E-state index in [2.05, 4.69) is 72.6 Å². The van der Waals surface area contributed by atoms with E-state index in [0.29, 0.717) is 0 Å². The summed E-state index contributed by atoms with van der Waals surface area (Å²) in [5, 5.41) is 0. The monoisotopic (exact) mass is 271 g/mol. The van der Waals surface area contributed by atoms with Gasteiger partial charge in [0.2, 0.25) is 0 Å². The van der Waals surface area contributed by atoms with Gasteiger partial charge in [0.05, 0.1) is 5.69 Å². The van der Waals surface area contributed by atoms with Crippen molar-refractivity contribution in [3.63, 3.8) is 0 Å². The molecule has 3 rings (SSSR count). The van der Waals surface area contributed by atoms with Crippen LogP contribution in [0.1, 0.15) is 16.7 Å². The molecule has 0 atom stereocenters. The first-order valence-electron chi connectivity index (χ1n) is 7.07. The molecule has 0 aliphatic heterocycles. The average molecular weight is 271 g/mol. The Morgan fingerprint density at radius 2 is 1.57 bits per heavy atom. The average Bonchev–Trinajstić information content (AvgIpc) is 2.54. The molecule has 1 heteroatoms. The smallest absolute Gasteiger partial charge is 0.0702 e. The molecule has 0 saturated carbocycles. The summed E-state index contributed by atoms with van der Waals surface area (Å²) in [5.41, 5.74) is 5.74. The molecule has 0 fully saturated rings. The molecule has 3 aromatic rings. The summed E-state index contributed by atoms with van der Waals surface area (Å²) in [6.07, 6.45) is 6.12. The molecule has 21 heavy (non-hydrogen) atoms. The second kappa shape index (κ2) is 6.19. The van der Waals surface area contributed by atoms with Crippen molar-refractivity contribution in [1.82, 2.24) is 4.98 Å². The van der Waals surface area contributed by atoms with Gasteiger partial charge in [-0.2, -0.15) is 0 Å². The van der Waals surface area contributed by atoms with E-state index in [1.165, 1.54) is 11.1 Å². The SMILES string of the molecule is Cc1cccc(/C=C/c2ccc(-c3ccccc3)nc2)c1. The van der Waals surface area contributed by atoms with Gasteiger partial charge in [-0.25, -0.2) is 0 Å². The highest BCUT2D eigenvalue weighted by Crippen LogP contribution is 2.17. The van der Waals surface area contributed by atoms with Crippen molar-refractivity contribution in [2.45, 2.75) is 6.92 Å². The summed E-state index contributed by atoms with van der Waals surface area (Å²) in [6.45, 7) is 2.10. The van der Waals surface area contributed by atoms with Gasteiger partial charge >= 0.3 is 0 Å². The molecule has 102 valence electrons. The van der Waals surface area contributed by atoms with E-state index in [9.17, 15) is 0 Å². The molecule has 1 aromatic heterocycles. The lowest BCUT2D eigenvalue weighted by molar-refractivity contribution is 1.31. The summed E-state index contributed by atoms with van der Waals surface area (Å²) in [5.74, 6) is 0. The molecular weight excluding hydrogens is 254 g/mol. The van der Waals surface area contributed by atoms with Gasteiger partial charge in [-0.15, -0.1) is 0 Å². The summed E-state index contributed by atoms with van der Waals surface area (Å²) in [6, 6.07) is 22.8. The minimum absolute atomic E-state index is 1.00. The highest BCUT2D eigenvalue weighted by Gasteiger charge is 1.97. The lowest BCUT2D eigenvalue weighted by Crippen LogP contribution is -1.83. The Labute approximate surface area is 125 Å². The van der Waals surface area contributed by atoms with Crippen molar-refractivity contribution in [3.05, 3.63) is 89.6 Å². The Kier molecular flexibility index (Phi) is 3.92. The topological polar surface area (TPSA) is 12.9 Å². The Morgan fingerprint density at radius 3 is 2.29 bits per heavy atom. The summed E-state index contributed by atoms with van der Waals surface area (Å²) >= 11 is 0. The molecule has 0 radical (unpaired) electrons. The molecule has 2 aromatic carbocycles. The molecule has 0 aliphatic rings. The predicted octanol–water partition coefficient (Wildman–Crippen LogP) is 5.23. The van der Waals surface area contributed by atoms with Crippen LogP contribution in [0.25, 0.3) is 23.4 Å². The van der Waals surface area contributed by atoms with Crippen LogP contribution in [-0.4, -0.2) is 4.98 Å². The molecule has 0 N–H and O–H groups in total. The number of aromatic nitrogens is 1. The van der Waals surface area contributed by atoms with Gasteiger partial charge in [0.15, 0.2) is 0 Å². The number of hydrogen-bond acceptors (Lipinski definition) is 1. The van der Waals surface area contributed by atoms with Crippen molar-refractivity contribution in [1.29, 1.82) is 0 Å². The van der Waals surface area contributed by atoms with E-state index in [1.54, 1.807) is 0 Å². The second-order valence-corrected chi connectivity index (χ2v) is 5.09. The number of benzene rings is 2. The molecule has 1 nitrogen and oxygen atoms in total. The fraction of sp³-hybridized carbons (Fsp3) is 0.0500. The predicted molar refractivity (Wildman–Crippen MR) is 89.8 cm³/mol. The molecule has 0 amide bonds. The Balaban J connectivity index is 1.79. The highest BCUT2D eigenvalue weighted by atomic mass is 14.7. The van der Waals surface area contributed by atoms with Crippen molar-refractivity contribution in [2.24, 2.45) is 0 Å². The summed E-state index contributed by atoms with van der Waals surface area (Å²) < 4.78 is 0.